The van der Waals surface area contributed by atoms with Crippen LogP contribution in [0.25, 0.3) is 10.9 Å². The van der Waals surface area contributed by atoms with Crippen LogP contribution < -0.4 is 10.5 Å². The molecule has 3 aromatic rings. The van der Waals surface area contributed by atoms with Crippen molar-refractivity contribution < 1.29 is 4.79 Å². The number of fused-ring (bicyclic) bond motifs is 1. The van der Waals surface area contributed by atoms with E-state index in [2.05, 4.69) is 9.97 Å². The van der Waals surface area contributed by atoms with Crippen LogP contribution in [0.2, 0.25) is 0 Å². The topological polar surface area (TPSA) is 66.1 Å². The number of benzene rings is 2. The van der Waals surface area contributed by atoms with E-state index in [1.165, 1.54) is 11.8 Å². The van der Waals surface area contributed by atoms with Gasteiger partial charge in [-0.1, -0.05) is 42.1 Å². The third-order valence-electron chi connectivity index (χ3n) is 3.74. The molecule has 1 heterocycles. The number of H-pyrrole nitrogens is 1. The van der Waals surface area contributed by atoms with E-state index < -0.39 is 0 Å². The maximum atomic E-state index is 12.7. The number of aromatic amines is 1. The first-order chi connectivity index (χ1) is 12.1. The monoisotopic (exact) mass is 353 g/mol. The smallest absolute Gasteiger partial charge is 0.259 e. The fourth-order valence-electron chi connectivity index (χ4n) is 2.65. The molecule has 1 aromatic heterocycles. The van der Waals surface area contributed by atoms with E-state index in [4.69, 9.17) is 0 Å². The average Bonchev–Trinajstić information content (AvgIpc) is 2.61. The van der Waals surface area contributed by atoms with Gasteiger partial charge in [0.25, 0.3) is 5.56 Å². The molecule has 3 rings (SSSR count). The lowest BCUT2D eigenvalue weighted by molar-refractivity contribution is -0.116. The summed E-state index contributed by atoms with van der Waals surface area (Å²) in [5, 5.41) is 1.00. The molecule has 0 aliphatic carbocycles. The summed E-state index contributed by atoms with van der Waals surface area (Å²) in [6.45, 7) is 3.96. The number of amides is 1. The first-order valence-corrected chi connectivity index (χ1v) is 9.04. The molecular formula is C19H19N3O2S. The van der Waals surface area contributed by atoms with Crippen LogP contribution in [0.5, 0.6) is 0 Å². The van der Waals surface area contributed by atoms with Crippen LogP contribution in [0.4, 0.5) is 5.69 Å². The second kappa shape index (κ2) is 7.53. The van der Waals surface area contributed by atoms with Crippen molar-refractivity contribution in [1.82, 2.24) is 9.97 Å². The van der Waals surface area contributed by atoms with Gasteiger partial charge < -0.3 is 9.88 Å². The van der Waals surface area contributed by atoms with Crippen LogP contribution in [-0.4, -0.2) is 27.7 Å². The van der Waals surface area contributed by atoms with Gasteiger partial charge in [-0.2, -0.15) is 0 Å². The van der Waals surface area contributed by atoms with Gasteiger partial charge in [-0.3, -0.25) is 9.59 Å². The zero-order chi connectivity index (χ0) is 17.8. The number of carbonyl (C=O) groups is 1. The van der Waals surface area contributed by atoms with E-state index in [-0.39, 0.29) is 23.3 Å². The van der Waals surface area contributed by atoms with E-state index in [0.717, 1.165) is 5.69 Å². The molecule has 2 aromatic carbocycles. The van der Waals surface area contributed by atoms with E-state index in [1.54, 1.807) is 23.1 Å². The Hall–Kier alpha value is -2.60. The Morgan fingerprint density at radius 1 is 1.12 bits per heavy atom. The molecule has 0 saturated carbocycles. The Kier molecular flexibility index (Phi) is 5.19. The number of carbonyl (C=O) groups excluding carboxylic acids is 1. The average molecular weight is 353 g/mol. The minimum absolute atomic E-state index is 0.0259. The van der Waals surface area contributed by atoms with Crippen LogP contribution in [-0.2, 0) is 4.79 Å². The van der Waals surface area contributed by atoms with E-state index in [1.807, 2.05) is 50.2 Å². The largest absolute Gasteiger partial charge is 0.309 e. The van der Waals surface area contributed by atoms with Gasteiger partial charge in [0.1, 0.15) is 0 Å². The van der Waals surface area contributed by atoms with Crippen molar-refractivity contribution in [2.24, 2.45) is 0 Å². The molecule has 0 aliphatic rings. The normalized spacial score (nSPS) is 11.0. The Morgan fingerprint density at radius 3 is 2.52 bits per heavy atom. The molecule has 0 fully saturated rings. The molecule has 0 saturated heterocycles. The predicted molar refractivity (Wildman–Crippen MR) is 102 cm³/mol. The van der Waals surface area contributed by atoms with Gasteiger partial charge in [-0.25, -0.2) is 4.98 Å². The Morgan fingerprint density at radius 2 is 1.80 bits per heavy atom. The summed E-state index contributed by atoms with van der Waals surface area (Å²) in [5.41, 5.74) is 1.30. The second-order valence-corrected chi connectivity index (χ2v) is 6.83. The number of hydrogen-bond acceptors (Lipinski definition) is 4. The van der Waals surface area contributed by atoms with Gasteiger partial charge in [0, 0.05) is 11.7 Å². The minimum atomic E-state index is -0.190. The zero-order valence-electron chi connectivity index (χ0n) is 14.1. The Bertz CT molecular complexity index is 938. The Labute approximate surface area is 150 Å². The van der Waals surface area contributed by atoms with Crippen LogP contribution in [0, 0.1) is 0 Å². The summed E-state index contributed by atoms with van der Waals surface area (Å²) < 4.78 is 0. The maximum absolute atomic E-state index is 12.7. The second-order valence-electron chi connectivity index (χ2n) is 5.87. The number of nitrogens with one attached hydrogen (secondary N) is 1. The number of hydrogen-bond donors (Lipinski definition) is 1. The van der Waals surface area contributed by atoms with Crippen LogP contribution >= 0.6 is 11.8 Å². The maximum Gasteiger partial charge on any atom is 0.259 e. The fraction of sp³-hybridized carbons (Fsp3) is 0.211. The van der Waals surface area contributed by atoms with Crippen molar-refractivity contribution in [3.63, 3.8) is 0 Å². The predicted octanol–water partition coefficient (Wildman–Crippen LogP) is 3.46. The number of aromatic nitrogens is 2. The van der Waals surface area contributed by atoms with Gasteiger partial charge in [-0.05, 0) is 38.1 Å². The first kappa shape index (κ1) is 17.2. The molecule has 5 nitrogen and oxygen atoms in total. The summed E-state index contributed by atoms with van der Waals surface area (Å²) in [5.74, 6) is 0.177. The summed E-state index contributed by atoms with van der Waals surface area (Å²) in [6.07, 6.45) is 0. The summed E-state index contributed by atoms with van der Waals surface area (Å²) in [7, 11) is 0. The number of anilines is 1. The van der Waals surface area contributed by atoms with Crippen LogP contribution in [0.3, 0.4) is 0 Å². The highest BCUT2D eigenvalue weighted by Crippen LogP contribution is 2.20. The molecule has 1 amide bonds. The molecule has 0 bridgehead atoms. The number of thioether (sulfide) groups is 1. The highest BCUT2D eigenvalue weighted by Gasteiger charge is 2.19. The van der Waals surface area contributed by atoms with Crippen molar-refractivity contribution in [2.45, 2.75) is 25.0 Å². The summed E-state index contributed by atoms with van der Waals surface area (Å²) in [4.78, 5) is 33.7. The molecule has 0 radical (unpaired) electrons. The molecule has 0 spiro atoms. The van der Waals surface area contributed by atoms with Gasteiger partial charge in [0.05, 0.1) is 16.7 Å². The van der Waals surface area contributed by atoms with Crippen molar-refractivity contribution >= 4 is 34.3 Å². The lowest BCUT2D eigenvalue weighted by atomic mass is 10.2. The number of rotatable bonds is 5. The van der Waals surface area contributed by atoms with Gasteiger partial charge in [0.15, 0.2) is 5.16 Å². The van der Waals surface area contributed by atoms with Crippen molar-refractivity contribution in [1.29, 1.82) is 0 Å². The lowest BCUT2D eigenvalue weighted by Gasteiger charge is -2.26. The third kappa shape index (κ3) is 3.91. The molecule has 0 aliphatic heterocycles. The first-order valence-electron chi connectivity index (χ1n) is 8.05. The molecule has 0 atom stereocenters. The Balaban J connectivity index is 1.78. The molecular weight excluding hydrogens is 334 g/mol. The van der Waals surface area contributed by atoms with Crippen LogP contribution in [0.15, 0.2) is 64.5 Å². The highest BCUT2D eigenvalue weighted by molar-refractivity contribution is 7.99. The summed E-state index contributed by atoms with van der Waals surface area (Å²) >= 11 is 1.24. The molecule has 1 N–H and O–H groups in total. The van der Waals surface area contributed by atoms with E-state index in [9.17, 15) is 9.59 Å². The quantitative estimate of drug-likeness (QED) is 0.563. The van der Waals surface area contributed by atoms with Crippen molar-refractivity contribution in [3.8, 4) is 0 Å². The summed E-state index contributed by atoms with van der Waals surface area (Å²) in [6, 6.07) is 16.8. The lowest BCUT2D eigenvalue weighted by Crippen LogP contribution is -2.38. The van der Waals surface area contributed by atoms with Gasteiger partial charge in [0.2, 0.25) is 5.91 Å². The molecule has 25 heavy (non-hydrogen) atoms. The van der Waals surface area contributed by atoms with Crippen molar-refractivity contribution in [2.75, 3.05) is 10.7 Å². The standard InChI is InChI=1S/C19H19N3O2S/c1-13(2)22(14-8-4-3-5-9-14)17(23)12-25-19-20-16-11-7-6-10-15(16)18(24)21-19/h3-11,13H,12H2,1-2H3,(H,20,21,24). The SMILES string of the molecule is CC(C)N(C(=O)CSc1nc2ccccc2c(=O)[nH]1)c1ccccc1. The van der Waals surface area contributed by atoms with Crippen LogP contribution in [0.1, 0.15) is 13.8 Å². The highest BCUT2D eigenvalue weighted by atomic mass is 32.2. The van der Waals surface area contributed by atoms with E-state index in [0.29, 0.717) is 16.1 Å². The number of para-hydroxylation sites is 2. The zero-order valence-corrected chi connectivity index (χ0v) is 14.9. The van der Waals surface area contributed by atoms with Crippen molar-refractivity contribution in [3.05, 3.63) is 65.0 Å². The molecule has 128 valence electrons. The number of nitrogens with zero attached hydrogens (tertiary/aromatic N) is 2. The van der Waals surface area contributed by atoms with Gasteiger partial charge in [-0.15, -0.1) is 0 Å². The fourth-order valence-corrected chi connectivity index (χ4v) is 3.38. The van der Waals surface area contributed by atoms with E-state index >= 15 is 0 Å². The molecule has 6 heteroatoms. The molecule has 0 unspecified atom stereocenters. The van der Waals surface area contributed by atoms with Gasteiger partial charge >= 0.3 is 0 Å². The third-order valence-corrected chi connectivity index (χ3v) is 4.60. The minimum Gasteiger partial charge on any atom is -0.309 e.